The molecule has 5 nitrogen and oxygen atoms in total. The monoisotopic (exact) mass is 418 g/mol. The van der Waals surface area contributed by atoms with E-state index in [-0.39, 0.29) is 5.91 Å². The van der Waals surface area contributed by atoms with Crippen LogP contribution in [-0.2, 0) is 14.8 Å². The van der Waals surface area contributed by atoms with Gasteiger partial charge in [-0.1, -0.05) is 30.9 Å². The topological polar surface area (TPSA) is 66.5 Å². The van der Waals surface area contributed by atoms with E-state index in [0.29, 0.717) is 22.5 Å². The Morgan fingerprint density at radius 1 is 1.27 bits per heavy atom. The Hall–Kier alpha value is -0.920. The van der Waals surface area contributed by atoms with Crippen LogP contribution in [0.2, 0.25) is 5.02 Å². The van der Waals surface area contributed by atoms with Crippen molar-refractivity contribution in [3.63, 3.8) is 0 Å². The van der Waals surface area contributed by atoms with Crippen LogP contribution in [0, 0.1) is 0 Å². The maximum atomic E-state index is 12.5. The van der Waals surface area contributed by atoms with Crippen LogP contribution in [0.5, 0.6) is 0 Å². The average molecular weight is 419 g/mol. The number of nitrogens with one attached hydrogen (secondary N) is 1. The Kier molecular flexibility index (Phi) is 8.10. The summed E-state index contributed by atoms with van der Waals surface area (Å²) in [7, 11) is -3.60. The molecule has 2 rings (SSSR count). The molecule has 0 spiro atoms. The number of hydrogen-bond donors (Lipinski definition) is 1. The lowest BCUT2D eigenvalue weighted by molar-refractivity contribution is -0.121. The fraction of sp³-hybridized carbons (Fsp3) is 0.611. The van der Waals surface area contributed by atoms with Crippen molar-refractivity contribution in [2.75, 3.05) is 22.9 Å². The zero-order valence-corrected chi connectivity index (χ0v) is 17.7. The molecule has 0 saturated heterocycles. The van der Waals surface area contributed by atoms with Crippen LogP contribution in [0.15, 0.2) is 24.3 Å². The molecule has 1 aromatic rings. The number of carbonyl (C=O) groups is 1. The van der Waals surface area contributed by atoms with Crippen molar-refractivity contribution in [1.29, 1.82) is 0 Å². The van der Waals surface area contributed by atoms with Gasteiger partial charge >= 0.3 is 0 Å². The highest BCUT2D eigenvalue weighted by molar-refractivity contribution is 7.99. The van der Waals surface area contributed by atoms with Crippen LogP contribution in [0.1, 0.15) is 39.0 Å². The summed E-state index contributed by atoms with van der Waals surface area (Å²) in [5, 5.41) is 4.07. The fourth-order valence-electron chi connectivity index (χ4n) is 3.18. The molecular weight excluding hydrogens is 392 g/mol. The lowest BCUT2D eigenvalue weighted by Gasteiger charge is -2.28. The van der Waals surface area contributed by atoms with Gasteiger partial charge in [-0.05, 0) is 44.0 Å². The van der Waals surface area contributed by atoms with Crippen molar-refractivity contribution in [2.45, 2.75) is 50.3 Å². The van der Waals surface area contributed by atoms with Crippen molar-refractivity contribution < 1.29 is 13.2 Å². The van der Waals surface area contributed by atoms with E-state index in [2.05, 4.69) is 5.32 Å². The standard InChI is InChI=1S/C18H27ClN2O3S2/c1-14(18(22)20-12-13-25-17-6-4-3-5-7-17)21(26(2,23)24)16-10-8-15(19)9-11-16/h8-11,14,17H,3-7,12-13H2,1-2H3,(H,20,22)/t14-/m0/s1. The fourth-order valence-corrected chi connectivity index (χ4v) is 5.70. The maximum Gasteiger partial charge on any atom is 0.243 e. The second-order valence-electron chi connectivity index (χ2n) is 6.63. The predicted octanol–water partition coefficient (Wildman–Crippen LogP) is 3.68. The lowest BCUT2D eigenvalue weighted by Crippen LogP contribution is -2.48. The third-order valence-electron chi connectivity index (χ3n) is 4.48. The van der Waals surface area contributed by atoms with Crippen LogP contribution in [0.25, 0.3) is 0 Å². The Morgan fingerprint density at radius 3 is 2.46 bits per heavy atom. The Labute approximate surface area is 165 Å². The number of thioether (sulfide) groups is 1. The van der Waals surface area contributed by atoms with E-state index >= 15 is 0 Å². The van der Waals surface area contributed by atoms with E-state index < -0.39 is 16.1 Å². The van der Waals surface area contributed by atoms with E-state index in [9.17, 15) is 13.2 Å². The van der Waals surface area contributed by atoms with Crippen LogP contribution < -0.4 is 9.62 Å². The normalized spacial score (nSPS) is 16.9. The van der Waals surface area contributed by atoms with E-state index in [0.717, 1.165) is 16.3 Å². The molecule has 0 unspecified atom stereocenters. The number of halogens is 1. The molecule has 1 aliphatic carbocycles. The molecule has 1 aliphatic rings. The van der Waals surface area contributed by atoms with Crippen molar-refractivity contribution in [3.05, 3.63) is 29.3 Å². The van der Waals surface area contributed by atoms with Gasteiger partial charge in [0.2, 0.25) is 15.9 Å². The number of benzene rings is 1. The van der Waals surface area contributed by atoms with Crippen molar-refractivity contribution in [1.82, 2.24) is 5.32 Å². The highest BCUT2D eigenvalue weighted by Crippen LogP contribution is 2.28. The number of carbonyl (C=O) groups excluding carboxylic acids is 1. The van der Waals surface area contributed by atoms with Gasteiger partial charge in [-0.15, -0.1) is 0 Å². The number of sulfonamides is 1. The molecule has 26 heavy (non-hydrogen) atoms. The summed E-state index contributed by atoms with van der Waals surface area (Å²) in [6.07, 6.45) is 7.54. The minimum absolute atomic E-state index is 0.297. The van der Waals surface area contributed by atoms with E-state index in [1.807, 2.05) is 11.8 Å². The molecular formula is C18H27ClN2O3S2. The van der Waals surface area contributed by atoms with Crippen molar-refractivity contribution in [2.24, 2.45) is 0 Å². The number of amides is 1. The molecule has 1 amide bonds. The van der Waals surface area contributed by atoms with E-state index in [4.69, 9.17) is 11.6 Å². The summed E-state index contributed by atoms with van der Waals surface area (Å²) in [6, 6.07) is 5.60. The van der Waals surface area contributed by atoms with Crippen molar-refractivity contribution >= 4 is 45.0 Å². The summed E-state index contributed by atoms with van der Waals surface area (Å²) < 4.78 is 25.5. The molecule has 1 aromatic carbocycles. The first-order valence-electron chi connectivity index (χ1n) is 8.93. The molecule has 1 saturated carbocycles. The number of hydrogen-bond acceptors (Lipinski definition) is 4. The summed E-state index contributed by atoms with van der Waals surface area (Å²) in [5.41, 5.74) is 0.427. The van der Waals surface area contributed by atoms with Crippen LogP contribution in [0.4, 0.5) is 5.69 Å². The van der Waals surface area contributed by atoms with Gasteiger partial charge in [-0.2, -0.15) is 11.8 Å². The zero-order valence-electron chi connectivity index (χ0n) is 15.3. The van der Waals surface area contributed by atoms with Gasteiger partial charge in [0.15, 0.2) is 0 Å². The second-order valence-corrected chi connectivity index (χ2v) is 10.3. The van der Waals surface area contributed by atoms with Gasteiger partial charge in [0, 0.05) is 22.6 Å². The number of rotatable bonds is 8. The molecule has 1 atom stereocenters. The number of anilines is 1. The molecule has 1 fully saturated rings. The Bertz CT molecular complexity index is 689. The first kappa shape index (κ1) is 21.4. The van der Waals surface area contributed by atoms with Gasteiger partial charge in [0.25, 0.3) is 0 Å². The minimum Gasteiger partial charge on any atom is -0.353 e. The quantitative estimate of drug-likeness (QED) is 0.654. The SMILES string of the molecule is C[C@@H](C(=O)NCCSC1CCCCC1)N(c1ccc(Cl)cc1)S(C)(=O)=O. The van der Waals surface area contributed by atoms with Gasteiger partial charge < -0.3 is 5.32 Å². The molecule has 0 aliphatic heterocycles. The zero-order chi connectivity index (χ0) is 19.2. The molecule has 0 aromatic heterocycles. The molecule has 146 valence electrons. The smallest absolute Gasteiger partial charge is 0.243 e. The Balaban J connectivity index is 1.91. The minimum atomic E-state index is -3.60. The average Bonchev–Trinajstić information content (AvgIpc) is 2.60. The Morgan fingerprint density at radius 2 is 1.88 bits per heavy atom. The van der Waals surface area contributed by atoms with Crippen LogP contribution in [-0.4, -0.2) is 44.2 Å². The van der Waals surface area contributed by atoms with Crippen molar-refractivity contribution in [3.8, 4) is 0 Å². The number of nitrogens with zero attached hydrogens (tertiary/aromatic N) is 1. The van der Waals surface area contributed by atoms with Gasteiger partial charge in [0.1, 0.15) is 6.04 Å². The summed E-state index contributed by atoms with van der Waals surface area (Å²) >= 11 is 7.77. The van der Waals surface area contributed by atoms with Crippen LogP contribution >= 0.6 is 23.4 Å². The predicted molar refractivity (Wildman–Crippen MR) is 111 cm³/mol. The molecule has 0 bridgehead atoms. The lowest BCUT2D eigenvalue weighted by atomic mass is 10.0. The third-order valence-corrected chi connectivity index (χ3v) is 7.35. The first-order valence-corrected chi connectivity index (χ1v) is 12.2. The highest BCUT2D eigenvalue weighted by Gasteiger charge is 2.28. The van der Waals surface area contributed by atoms with E-state index in [1.165, 1.54) is 32.1 Å². The molecule has 1 N–H and O–H groups in total. The van der Waals surface area contributed by atoms with Gasteiger partial charge in [-0.3, -0.25) is 9.10 Å². The third kappa shape index (κ3) is 6.35. The summed E-state index contributed by atoms with van der Waals surface area (Å²) in [4.78, 5) is 12.5. The first-order chi connectivity index (χ1) is 12.3. The van der Waals surface area contributed by atoms with E-state index in [1.54, 1.807) is 31.2 Å². The van der Waals surface area contributed by atoms with Gasteiger partial charge in [-0.25, -0.2) is 8.42 Å². The molecule has 0 heterocycles. The summed E-state index contributed by atoms with van der Waals surface area (Å²) in [6.45, 7) is 2.14. The summed E-state index contributed by atoms with van der Waals surface area (Å²) in [5.74, 6) is 0.553. The molecule has 8 heteroatoms. The van der Waals surface area contributed by atoms with Crippen LogP contribution in [0.3, 0.4) is 0 Å². The molecule has 0 radical (unpaired) electrons. The van der Waals surface area contributed by atoms with Gasteiger partial charge in [0.05, 0.1) is 11.9 Å². The second kappa shape index (κ2) is 9.85. The maximum absolute atomic E-state index is 12.5. The largest absolute Gasteiger partial charge is 0.353 e. The highest BCUT2D eigenvalue weighted by atomic mass is 35.5.